The van der Waals surface area contributed by atoms with Gasteiger partial charge in [-0.1, -0.05) is 34.6 Å². The molecule has 0 aliphatic carbocycles. The van der Waals surface area contributed by atoms with Gasteiger partial charge in [-0.25, -0.2) is 4.98 Å². The second-order valence-corrected chi connectivity index (χ2v) is 6.03. The number of hydrogen-bond acceptors (Lipinski definition) is 2. The van der Waals surface area contributed by atoms with Gasteiger partial charge < -0.3 is 9.88 Å². The van der Waals surface area contributed by atoms with Gasteiger partial charge in [0.05, 0.1) is 0 Å². The fraction of sp³-hybridized carbons (Fsp3) is 0.769. The highest BCUT2D eigenvalue weighted by atomic mass is 15.2. The number of aromatic nitrogens is 2. The molecule has 0 saturated carbocycles. The Balaban J connectivity index is 2.50. The molecular formula is C13H25N3. The average Bonchev–Trinajstić information content (AvgIpc) is 2.57. The molecule has 3 heteroatoms. The third-order valence-corrected chi connectivity index (χ3v) is 2.49. The zero-order valence-electron chi connectivity index (χ0n) is 11.2. The van der Waals surface area contributed by atoms with Crippen LogP contribution in [-0.4, -0.2) is 16.1 Å². The van der Waals surface area contributed by atoms with Gasteiger partial charge in [-0.05, 0) is 17.8 Å². The Morgan fingerprint density at radius 1 is 1.38 bits per heavy atom. The highest BCUT2D eigenvalue weighted by molar-refractivity contribution is 5.25. The fourth-order valence-corrected chi connectivity index (χ4v) is 1.41. The summed E-state index contributed by atoms with van der Waals surface area (Å²) in [5.74, 6) is 1.64. The highest BCUT2D eigenvalue weighted by Gasteiger charge is 2.11. The summed E-state index contributed by atoms with van der Waals surface area (Å²) in [4.78, 5) is 4.34. The minimum Gasteiger partial charge on any atom is -0.355 e. The van der Waals surface area contributed by atoms with Crippen molar-refractivity contribution in [1.82, 2.24) is 9.55 Å². The molecule has 3 nitrogen and oxygen atoms in total. The molecular weight excluding hydrogens is 198 g/mol. The lowest BCUT2D eigenvalue weighted by Crippen LogP contribution is -2.15. The molecule has 0 amide bonds. The summed E-state index contributed by atoms with van der Waals surface area (Å²) >= 11 is 0. The molecule has 1 rings (SSSR count). The van der Waals surface area contributed by atoms with Crippen LogP contribution in [0.15, 0.2) is 12.4 Å². The summed E-state index contributed by atoms with van der Waals surface area (Å²) in [6, 6.07) is 0. The van der Waals surface area contributed by atoms with Crippen molar-refractivity contribution in [2.45, 2.75) is 47.6 Å². The molecule has 0 unspecified atom stereocenters. The highest BCUT2D eigenvalue weighted by Crippen LogP contribution is 2.20. The number of nitrogens with one attached hydrogen (secondary N) is 1. The molecule has 1 N–H and O–H groups in total. The Kier molecular flexibility index (Phi) is 4.39. The molecule has 16 heavy (non-hydrogen) atoms. The van der Waals surface area contributed by atoms with E-state index >= 15 is 0 Å². The summed E-state index contributed by atoms with van der Waals surface area (Å²) < 4.78 is 2.20. The van der Waals surface area contributed by atoms with Crippen molar-refractivity contribution < 1.29 is 0 Å². The van der Waals surface area contributed by atoms with Gasteiger partial charge >= 0.3 is 0 Å². The maximum atomic E-state index is 4.34. The van der Waals surface area contributed by atoms with Gasteiger partial charge in [0.1, 0.15) is 0 Å². The second-order valence-electron chi connectivity index (χ2n) is 6.03. The topological polar surface area (TPSA) is 29.9 Å². The number of nitrogens with zero attached hydrogens (tertiary/aromatic N) is 2. The van der Waals surface area contributed by atoms with E-state index in [1.807, 2.05) is 6.20 Å². The van der Waals surface area contributed by atoms with Crippen LogP contribution in [0.5, 0.6) is 0 Å². The first kappa shape index (κ1) is 13.1. The summed E-state index contributed by atoms with van der Waals surface area (Å²) in [6.07, 6.45) is 5.08. The van der Waals surface area contributed by atoms with Gasteiger partial charge in [-0.3, -0.25) is 0 Å². The lowest BCUT2D eigenvalue weighted by Gasteiger charge is -2.19. The molecule has 0 atom stereocenters. The number of rotatable bonds is 5. The summed E-state index contributed by atoms with van der Waals surface area (Å²) in [5.41, 5.74) is 0.375. The van der Waals surface area contributed by atoms with Crippen molar-refractivity contribution in [2.75, 3.05) is 11.9 Å². The molecule has 1 heterocycles. The molecule has 0 bridgehead atoms. The maximum absolute atomic E-state index is 4.34. The zero-order valence-corrected chi connectivity index (χ0v) is 11.2. The smallest absolute Gasteiger partial charge is 0.202 e. The van der Waals surface area contributed by atoms with Crippen molar-refractivity contribution in [3.05, 3.63) is 12.4 Å². The minimum atomic E-state index is 0.375. The van der Waals surface area contributed by atoms with E-state index in [4.69, 9.17) is 0 Å². The molecule has 0 spiro atoms. The van der Waals surface area contributed by atoms with Crippen molar-refractivity contribution in [2.24, 2.45) is 11.3 Å². The van der Waals surface area contributed by atoms with Crippen molar-refractivity contribution in [1.29, 1.82) is 0 Å². The van der Waals surface area contributed by atoms with E-state index in [1.165, 1.54) is 6.42 Å². The van der Waals surface area contributed by atoms with E-state index in [0.717, 1.165) is 19.0 Å². The van der Waals surface area contributed by atoms with Crippen molar-refractivity contribution in [3.8, 4) is 0 Å². The third-order valence-electron chi connectivity index (χ3n) is 2.49. The molecule has 0 aliphatic heterocycles. The Labute approximate surface area is 99.3 Å². The first-order valence-corrected chi connectivity index (χ1v) is 6.13. The lowest BCUT2D eigenvalue weighted by molar-refractivity contribution is 0.351. The number of aryl methyl sites for hydroxylation is 1. The van der Waals surface area contributed by atoms with Gasteiger partial charge in [-0.2, -0.15) is 0 Å². The van der Waals surface area contributed by atoms with Gasteiger partial charge in [0.25, 0.3) is 0 Å². The van der Waals surface area contributed by atoms with Crippen LogP contribution in [0.4, 0.5) is 5.95 Å². The Bertz CT molecular complexity index is 307. The average molecular weight is 223 g/mol. The SMILES string of the molecule is CC(C)CNc1nccn1CCC(C)(C)C. The maximum Gasteiger partial charge on any atom is 0.202 e. The van der Waals surface area contributed by atoms with Crippen molar-refractivity contribution in [3.63, 3.8) is 0 Å². The van der Waals surface area contributed by atoms with E-state index < -0.39 is 0 Å². The number of hydrogen-bond donors (Lipinski definition) is 1. The quantitative estimate of drug-likeness (QED) is 0.829. The van der Waals surface area contributed by atoms with E-state index in [-0.39, 0.29) is 0 Å². The zero-order chi connectivity index (χ0) is 12.2. The van der Waals surface area contributed by atoms with Crippen LogP contribution < -0.4 is 5.32 Å². The molecule has 0 radical (unpaired) electrons. The first-order chi connectivity index (χ1) is 7.38. The van der Waals surface area contributed by atoms with Crippen LogP contribution in [-0.2, 0) is 6.54 Å². The van der Waals surface area contributed by atoms with Crippen LogP contribution >= 0.6 is 0 Å². The molecule has 0 aromatic carbocycles. The van der Waals surface area contributed by atoms with E-state index in [1.54, 1.807) is 0 Å². The summed E-state index contributed by atoms with van der Waals surface area (Å²) in [6.45, 7) is 13.2. The van der Waals surface area contributed by atoms with Crippen LogP contribution in [0.1, 0.15) is 41.0 Å². The van der Waals surface area contributed by atoms with E-state index in [2.05, 4.69) is 55.7 Å². The normalized spacial score (nSPS) is 12.1. The van der Waals surface area contributed by atoms with E-state index in [9.17, 15) is 0 Å². The lowest BCUT2D eigenvalue weighted by atomic mass is 9.92. The van der Waals surface area contributed by atoms with Gasteiger partial charge in [0.15, 0.2) is 0 Å². The van der Waals surface area contributed by atoms with Gasteiger partial charge in [0, 0.05) is 25.5 Å². The number of imidazole rings is 1. The van der Waals surface area contributed by atoms with Crippen LogP contribution in [0, 0.1) is 11.3 Å². The Morgan fingerprint density at radius 2 is 2.06 bits per heavy atom. The van der Waals surface area contributed by atoms with E-state index in [0.29, 0.717) is 11.3 Å². The van der Waals surface area contributed by atoms with Crippen LogP contribution in [0.3, 0.4) is 0 Å². The molecule has 0 fully saturated rings. The minimum absolute atomic E-state index is 0.375. The van der Waals surface area contributed by atoms with Crippen LogP contribution in [0.2, 0.25) is 0 Å². The largest absolute Gasteiger partial charge is 0.355 e. The monoisotopic (exact) mass is 223 g/mol. The first-order valence-electron chi connectivity index (χ1n) is 6.13. The fourth-order valence-electron chi connectivity index (χ4n) is 1.41. The molecule has 0 aliphatic rings. The molecule has 0 saturated heterocycles. The summed E-state index contributed by atoms with van der Waals surface area (Å²) in [7, 11) is 0. The molecule has 1 aromatic heterocycles. The number of anilines is 1. The van der Waals surface area contributed by atoms with Gasteiger partial charge in [-0.15, -0.1) is 0 Å². The predicted molar refractivity (Wildman–Crippen MR) is 69.6 cm³/mol. The predicted octanol–water partition coefficient (Wildman–Crippen LogP) is 3.39. The molecule has 92 valence electrons. The molecule has 1 aromatic rings. The van der Waals surface area contributed by atoms with Crippen LogP contribution in [0.25, 0.3) is 0 Å². The Hall–Kier alpha value is -0.990. The van der Waals surface area contributed by atoms with Crippen molar-refractivity contribution >= 4 is 5.95 Å². The van der Waals surface area contributed by atoms with Gasteiger partial charge in [0.2, 0.25) is 5.95 Å². The third kappa shape index (κ3) is 4.69. The second kappa shape index (κ2) is 5.37. The summed E-state index contributed by atoms with van der Waals surface area (Å²) in [5, 5.41) is 3.38. The standard InChI is InChI=1S/C13H25N3/c1-11(2)10-15-12-14-7-9-16(12)8-6-13(3,4)5/h7,9,11H,6,8,10H2,1-5H3,(H,14,15). The Morgan fingerprint density at radius 3 is 2.62 bits per heavy atom.